The molecule has 0 saturated carbocycles. The Kier molecular flexibility index (Phi) is 1.85. The van der Waals surface area contributed by atoms with Gasteiger partial charge < -0.3 is 0 Å². The number of nitro groups is 1. The Morgan fingerprint density at radius 2 is 2.29 bits per heavy atom. The molecule has 0 spiro atoms. The predicted molar refractivity (Wildman–Crippen MR) is 49.6 cm³/mol. The quantitative estimate of drug-likeness (QED) is 0.450. The summed E-state index contributed by atoms with van der Waals surface area (Å²) < 4.78 is 0. The van der Waals surface area contributed by atoms with Crippen molar-refractivity contribution in [2.24, 2.45) is 4.99 Å². The molecule has 0 saturated heterocycles. The van der Waals surface area contributed by atoms with Gasteiger partial charge in [-0.2, -0.15) is 0 Å². The van der Waals surface area contributed by atoms with E-state index in [0.29, 0.717) is 11.1 Å². The van der Waals surface area contributed by atoms with E-state index < -0.39 is 16.9 Å². The molecule has 0 bridgehead atoms. The van der Waals surface area contributed by atoms with Gasteiger partial charge >= 0.3 is 0 Å². The minimum Gasteiger partial charge on any atom is -0.267 e. The first kappa shape index (κ1) is 8.55. The van der Waals surface area contributed by atoms with Crippen LogP contribution < -0.4 is 0 Å². The van der Waals surface area contributed by atoms with Gasteiger partial charge in [0.2, 0.25) is 0 Å². The molecular formula is C9H6N2O3. The Hall–Kier alpha value is -2.04. The van der Waals surface area contributed by atoms with Crippen molar-refractivity contribution in [3.63, 3.8) is 0 Å². The monoisotopic (exact) mass is 190 g/mol. The van der Waals surface area contributed by atoms with E-state index in [-0.39, 0.29) is 0 Å². The van der Waals surface area contributed by atoms with E-state index in [4.69, 9.17) is 0 Å². The fourth-order valence-electron chi connectivity index (χ4n) is 1.34. The van der Waals surface area contributed by atoms with Crippen molar-refractivity contribution in [1.29, 1.82) is 0 Å². The van der Waals surface area contributed by atoms with Crippen LogP contribution in [0.1, 0.15) is 0 Å². The second kappa shape index (κ2) is 3.02. The van der Waals surface area contributed by atoms with Crippen LogP contribution in [-0.4, -0.2) is 23.1 Å². The lowest BCUT2D eigenvalue weighted by Gasteiger charge is -2.13. The molecule has 0 aromatic heterocycles. The molecule has 1 aliphatic heterocycles. The number of hydrogen-bond donors (Lipinski definition) is 0. The second-order valence-electron chi connectivity index (χ2n) is 2.92. The van der Waals surface area contributed by atoms with Gasteiger partial charge in [-0.1, -0.05) is 6.08 Å². The predicted octanol–water partition coefficient (Wildman–Crippen LogP) is 0.665. The fourth-order valence-corrected chi connectivity index (χ4v) is 1.34. The van der Waals surface area contributed by atoms with Crippen molar-refractivity contribution in [2.75, 3.05) is 0 Å². The maximum absolute atomic E-state index is 11.2. The number of allylic oxidation sites excluding steroid dienone is 2. The summed E-state index contributed by atoms with van der Waals surface area (Å²) in [4.78, 5) is 24.8. The number of hydrogen-bond acceptors (Lipinski definition) is 3. The van der Waals surface area contributed by atoms with Gasteiger partial charge in [-0.15, -0.1) is 0 Å². The number of amides is 1. The molecule has 1 atom stereocenters. The second-order valence-corrected chi connectivity index (χ2v) is 2.92. The molecule has 0 N–H and O–H groups in total. The van der Waals surface area contributed by atoms with Crippen LogP contribution in [0.2, 0.25) is 0 Å². The van der Waals surface area contributed by atoms with Gasteiger partial charge in [0.25, 0.3) is 11.9 Å². The van der Waals surface area contributed by atoms with Crippen LogP contribution in [0.25, 0.3) is 0 Å². The van der Waals surface area contributed by atoms with E-state index in [0.717, 1.165) is 0 Å². The van der Waals surface area contributed by atoms with Crippen molar-refractivity contribution in [3.8, 4) is 0 Å². The standard InChI is InChI=1S/C9H6N2O3/c12-9-8-5-7(11(13)14)2-1-6(8)3-4-10-9/h1-5,7H. The lowest BCUT2D eigenvalue weighted by molar-refractivity contribution is -0.496. The normalized spacial score (nSPS) is 24.0. The van der Waals surface area contributed by atoms with E-state index in [1.54, 1.807) is 12.2 Å². The lowest BCUT2D eigenvalue weighted by atomic mass is 9.95. The summed E-state index contributed by atoms with van der Waals surface area (Å²) >= 11 is 0. The first-order chi connectivity index (χ1) is 6.68. The third kappa shape index (κ3) is 1.28. The summed E-state index contributed by atoms with van der Waals surface area (Å²) in [5.74, 6) is -0.418. The minimum absolute atomic E-state index is 0.316. The molecule has 0 aromatic rings. The van der Waals surface area contributed by atoms with Crippen molar-refractivity contribution in [2.45, 2.75) is 6.04 Å². The van der Waals surface area contributed by atoms with Gasteiger partial charge in [0, 0.05) is 17.2 Å². The van der Waals surface area contributed by atoms with Crippen LogP contribution in [0, 0.1) is 10.1 Å². The molecule has 70 valence electrons. The smallest absolute Gasteiger partial charge is 0.267 e. The van der Waals surface area contributed by atoms with Gasteiger partial charge in [0.05, 0.1) is 5.57 Å². The molecule has 1 unspecified atom stereocenters. The number of carbonyl (C=O) groups excluding carboxylic acids is 1. The van der Waals surface area contributed by atoms with Crippen LogP contribution in [0.15, 0.2) is 40.4 Å². The van der Waals surface area contributed by atoms with Crippen molar-refractivity contribution < 1.29 is 9.72 Å². The molecular weight excluding hydrogens is 184 g/mol. The summed E-state index contributed by atoms with van der Waals surface area (Å²) in [6, 6.07) is -0.917. The molecule has 2 rings (SSSR count). The van der Waals surface area contributed by atoms with Crippen molar-refractivity contribution >= 4 is 12.1 Å². The molecule has 0 aromatic carbocycles. The Morgan fingerprint density at radius 3 is 3.00 bits per heavy atom. The molecule has 5 nitrogen and oxygen atoms in total. The number of aliphatic imine (C=N–C) groups is 1. The first-order valence-corrected chi connectivity index (χ1v) is 4.01. The van der Waals surface area contributed by atoms with Gasteiger partial charge in [-0.3, -0.25) is 14.9 Å². The molecule has 2 aliphatic rings. The molecule has 14 heavy (non-hydrogen) atoms. The molecule has 0 fully saturated rings. The van der Waals surface area contributed by atoms with E-state index in [1.165, 1.54) is 18.4 Å². The molecule has 5 heteroatoms. The SMILES string of the molecule is O=C1N=CC=C2C=CC([N+](=O)[O-])C=C12. The number of nitrogens with zero attached hydrogens (tertiary/aromatic N) is 2. The van der Waals surface area contributed by atoms with Crippen LogP contribution in [0.3, 0.4) is 0 Å². The van der Waals surface area contributed by atoms with Crippen molar-refractivity contribution in [3.05, 3.63) is 45.6 Å². The first-order valence-electron chi connectivity index (χ1n) is 4.01. The maximum atomic E-state index is 11.2. The number of carbonyl (C=O) groups is 1. The maximum Gasteiger partial charge on any atom is 0.277 e. The van der Waals surface area contributed by atoms with E-state index >= 15 is 0 Å². The Morgan fingerprint density at radius 1 is 1.50 bits per heavy atom. The van der Waals surface area contributed by atoms with Gasteiger partial charge in [-0.05, 0) is 17.7 Å². The number of rotatable bonds is 1. The summed E-state index contributed by atoms with van der Waals surface area (Å²) in [6.45, 7) is 0. The average Bonchev–Trinajstić information content (AvgIpc) is 2.18. The summed E-state index contributed by atoms with van der Waals surface area (Å²) in [6.07, 6.45) is 7.39. The lowest BCUT2D eigenvalue weighted by Crippen LogP contribution is -2.20. The summed E-state index contributed by atoms with van der Waals surface area (Å²) in [5.41, 5.74) is 1.000. The van der Waals surface area contributed by atoms with E-state index in [1.807, 2.05) is 0 Å². The average molecular weight is 190 g/mol. The van der Waals surface area contributed by atoms with Gasteiger partial charge in [0.1, 0.15) is 0 Å². The highest BCUT2D eigenvalue weighted by Gasteiger charge is 2.24. The van der Waals surface area contributed by atoms with Gasteiger partial charge in [-0.25, -0.2) is 4.99 Å². The highest BCUT2D eigenvalue weighted by Crippen LogP contribution is 2.22. The highest BCUT2D eigenvalue weighted by atomic mass is 16.6. The van der Waals surface area contributed by atoms with E-state index in [2.05, 4.69) is 4.99 Å². The van der Waals surface area contributed by atoms with Crippen molar-refractivity contribution in [1.82, 2.24) is 0 Å². The van der Waals surface area contributed by atoms with Crippen LogP contribution in [-0.2, 0) is 4.79 Å². The zero-order valence-electron chi connectivity index (χ0n) is 7.08. The topological polar surface area (TPSA) is 72.6 Å². The third-order valence-corrected chi connectivity index (χ3v) is 2.04. The third-order valence-electron chi connectivity index (χ3n) is 2.04. The largest absolute Gasteiger partial charge is 0.277 e. The Balaban J connectivity index is 2.41. The fraction of sp³-hybridized carbons (Fsp3) is 0.111. The van der Waals surface area contributed by atoms with Crippen LogP contribution >= 0.6 is 0 Å². The molecule has 1 aliphatic carbocycles. The molecule has 1 heterocycles. The van der Waals surface area contributed by atoms with E-state index in [9.17, 15) is 14.9 Å². The summed E-state index contributed by atoms with van der Waals surface area (Å²) in [7, 11) is 0. The highest BCUT2D eigenvalue weighted by molar-refractivity contribution is 6.08. The number of dihydropyridines is 1. The summed E-state index contributed by atoms with van der Waals surface area (Å²) in [5, 5.41) is 10.5. The minimum atomic E-state index is -0.917. The number of fused-ring (bicyclic) bond motifs is 1. The Labute approximate surface area is 79.3 Å². The van der Waals surface area contributed by atoms with Crippen LogP contribution in [0.5, 0.6) is 0 Å². The molecule has 1 amide bonds. The van der Waals surface area contributed by atoms with Gasteiger partial charge in [0.15, 0.2) is 0 Å². The zero-order valence-corrected chi connectivity index (χ0v) is 7.08. The van der Waals surface area contributed by atoms with Crippen LogP contribution in [0.4, 0.5) is 0 Å². The Bertz CT molecular complexity index is 429. The zero-order chi connectivity index (χ0) is 10.1. The molecule has 0 radical (unpaired) electrons.